The Morgan fingerprint density at radius 3 is 2.53 bits per heavy atom. The first-order valence-electron chi connectivity index (χ1n) is 4.88. The molecule has 0 unspecified atom stereocenters. The van der Waals surface area contributed by atoms with Crippen LogP contribution in [0.2, 0.25) is 10.0 Å². The Hall–Kier alpha value is -2.12. The van der Waals surface area contributed by atoms with Gasteiger partial charge in [-0.3, -0.25) is 9.89 Å². The molecule has 1 aromatic carbocycles. The number of hydrogen-bond donors (Lipinski definition) is 3. The SMILES string of the molecule is O=C(Nc1c(Cl)ccc(Cl)c1C(=O)O)c1ncn[nH]1. The largest absolute Gasteiger partial charge is 0.478 e. The van der Waals surface area contributed by atoms with E-state index in [9.17, 15) is 9.59 Å². The predicted octanol–water partition coefficient (Wildman–Crippen LogP) is 2.06. The Morgan fingerprint density at radius 1 is 1.26 bits per heavy atom. The maximum atomic E-state index is 11.8. The Balaban J connectivity index is 2.42. The number of rotatable bonds is 3. The van der Waals surface area contributed by atoms with E-state index in [1.807, 2.05) is 0 Å². The van der Waals surface area contributed by atoms with Gasteiger partial charge in [-0.2, -0.15) is 5.10 Å². The molecule has 0 aliphatic heterocycles. The van der Waals surface area contributed by atoms with Crippen LogP contribution >= 0.6 is 23.2 Å². The highest BCUT2D eigenvalue weighted by atomic mass is 35.5. The summed E-state index contributed by atoms with van der Waals surface area (Å²) in [5.74, 6) is -2.06. The molecule has 0 fully saturated rings. The zero-order valence-corrected chi connectivity index (χ0v) is 10.7. The van der Waals surface area contributed by atoms with E-state index in [-0.39, 0.29) is 27.1 Å². The van der Waals surface area contributed by atoms with Gasteiger partial charge in [0.15, 0.2) is 0 Å². The monoisotopic (exact) mass is 300 g/mol. The molecule has 0 saturated carbocycles. The molecule has 0 atom stereocenters. The van der Waals surface area contributed by atoms with Crippen molar-refractivity contribution in [3.05, 3.63) is 39.9 Å². The average molecular weight is 301 g/mol. The molecule has 98 valence electrons. The molecule has 1 amide bonds. The minimum atomic E-state index is -1.31. The highest BCUT2D eigenvalue weighted by Gasteiger charge is 2.20. The zero-order valence-electron chi connectivity index (χ0n) is 9.15. The van der Waals surface area contributed by atoms with Gasteiger partial charge >= 0.3 is 5.97 Å². The first kappa shape index (κ1) is 13.3. The number of nitrogens with zero attached hydrogens (tertiary/aromatic N) is 2. The van der Waals surface area contributed by atoms with E-state index < -0.39 is 11.9 Å². The van der Waals surface area contributed by atoms with Crippen LogP contribution in [0, 0.1) is 0 Å². The van der Waals surface area contributed by atoms with Crippen molar-refractivity contribution in [3.63, 3.8) is 0 Å². The molecule has 9 heteroatoms. The first-order valence-corrected chi connectivity index (χ1v) is 5.64. The number of carboxylic acid groups (broad SMARTS) is 1. The van der Waals surface area contributed by atoms with Crippen LogP contribution in [0.3, 0.4) is 0 Å². The number of benzene rings is 1. The minimum Gasteiger partial charge on any atom is -0.478 e. The van der Waals surface area contributed by atoms with E-state index in [2.05, 4.69) is 20.5 Å². The summed E-state index contributed by atoms with van der Waals surface area (Å²) in [4.78, 5) is 26.5. The number of amides is 1. The van der Waals surface area contributed by atoms with E-state index in [0.717, 1.165) is 6.33 Å². The van der Waals surface area contributed by atoms with Crippen LogP contribution in [0.4, 0.5) is 5.69 Å². The molecule has 3 N–H and O–H groups in total. The first-order chi connectivity index (χ1) is 9.00. The van der Waals surface area contributed by atoms with Crippen molar-refractivity contribution in [2.45, 2.75) is 0 Å². The second-order valence-electron chi connectivity index (χ2n) is 3.37. The average Bonchev–Trinajstić information content (AvgIpc) is 2.87. The molecule has 0 aliphatic rings. The summed E-state index contributed by atoms with van der Waals surface area (Å²) in [5, 5.41) is 17.3. The van der Waals surface area contributed by atoms with Gasteiger partial charge in [-0.05, 0) is 12.1 Å². The number of carbonyl (C=O) groups is 2. The molecule has 0 saturated heterocycles. The molecular formula is C10H6Cl2N4O3. The van der Waals surface area contributed by atoms with Gasteiger partial charge in [0.2, 0.25) is 5.82 Å². The van der Waals surface area contributed by atoms with Crippen LogP contribution in [-0.4, -0.2) is 32.2 Å². The van der Waals surface area contributed by atoms with Gasteiger partial charge < -0.3 is 10.4 Å². The summed E-state index contributed by atoms with van der Waals surface area (Å²) >= 11 is 11.6. The number of carboxylic acids is 1. The van der Waals surface area contributed by atoms with Crippen molar-refractivity contribution in [1.82, 2.24) is 15.2 Å². The lowest BCUT2D eigenvalue weighted by atomic mass is 10.1. The van der Waals surface area contributed by atoms with Gasteiger partial charge in [0.25, 0.3) is 5.91 Å². The summed E-state index contributed by atoms with van der Waals surface area (Å²) in [6.45, 7) is 0. The summed E-state index contributed by atoms with van der Waals surface area (Å²) in [7, 11) is 0. The Bertz CT molecular complexity index is 642. The Labute approximate surface area is 116 Å². The fourth-order valence-corrected chi connectivity index (χ4v) is 1.81. The summed E-state index contributed by atoms with van der Waals surface area (Å²) in [6, 6.07) is 2.71. The summed E-state index contributed by atoms with van der Waals surface area (Å²) in [6.07, 6.45) is 1.15. The molecule has 2 rings (SSSR count). The second kappa shape index (κ2) is 5.25. The van der Waals surface area contributed by atoms with Crippen molar-refractivity contribution >= 4 is 40.8 Å². The third kappa shape index (κ3) is 2.67. The number of carbonyl (C=O) groups excluding carboxylic acids is 1. The fourth-order valence-electron chi connectivity index (χ4n) is 1.37. The maximum absolute atomic E-state index is 11.8. The van der Waals surface area contributed by atoms with Crippen molar-refractivity contribution in [2.24, 2.45) is 0 Å². The Morgan fingerprint density at radius 2 is 1.95 bits per heavy atom. The zero-order chi connectivity index (χ0) is 14.0. The number of H-pyrrole nitrogens is 1. The molecular weight excluding hydrogens is 295 g/mol. The number of aromatic carboxylic acids is 1. The lowest BCUT2D eigenvalue weighted by Gasteiger charge is -2.10. The van der Waals surface area contributed by atoms with Crippen LogP contribution in [-0.2, 0) is 0 Å². The van der Waals surface area contributed by atoms with Crippen LogP contribution in [0.15, 0.2) is 18.5 Å². The lowest BCUT2D eigenvalue weighted by Crippen LogP contribution is -2.17. The molecule has 2 aromatic rings. The van der Waals surface area contributed by atoms with Crippen molar-refractivity contribution < 1.29 is 14.7 Å². The highest BCUT2D eigenvalue weighted by molar-refractivity contribution is 6.38. The fraction of sp³-hybridized carbons (Fsp3) is 0. The van der Waals surface area contributed by atoms with Gasteiger partial charge in [0.05, 0.1) is 15.7 Å². The number of nitrogens with one attached hydrogen (secondary N) is 2. The summed E-state index contributed by atoms with van der Waals surface area (Å²) < 4.78 is 0. The summed E-state index contributed by atoms with van der Waals surface area (Å²) in [5.41, 5.74) is -0.384. The standard InChI is InChI=1S/C10H6Cl2N4O3/c11-4-1-2-5(12)7(6(4)10(18)19)15-9(17)8-13-3-14-16-8/h1-3H,(H,15,17)(H,18,19)(H,13,14,16). The molecule has 7 nitrogen and oxygen atoms in total. The quantitative estimate of drug-likeness (QED) is 0.804. The molecule has 1 heterocycles. The third-order valence-corrected chi connectivity index (χ3v) is 2.82. The number of anilines is 1. The van der Waals surface area contributed by atoms with Gasteiger partial charge in [0, 0.05) is 0 Å². The molecule has 0 bridgehead atoms. The van der Waals surface area contributed by atoms with E-state index in [0.29, 0.717) is 0 Å². The Kier molecular flexibility index (Phi) is 3.68. The maximum Gasteiger partial charge on any atom is 0.339 e. The topological polar surface area (TPSA) is 108 Å². The van der Waals surface area contributed by atoms with Crippen molar-refractivity contribution in [2.75, 3.05) is 5.32 Å². The van der Waals surface area contributed by atoms with E-state index in [4.69, 9.17) is 28.3 Å². The number of aromatic nitrogens is 3. The molecule has 0 radical (unpaired) electrons. The van der Waals surface area contributed by atoms with Gasteiger partial charge in [-0.25, -0.2) is 9.78 Å². The van der Waals surface area contributed by atoms with E-state index in [1.54, 1.807) is 0 Å². The molecule has 0 spiro atoms. The number of hydrogen-bond acceptors (Lipinski definition) is 4. The number of aromatic amines is 1. The molecule has 1 aromatic heterocycles. The van der Waals surface area contributed by atoms with Crippen LogP contribution < -0.4 is 5.32 Å². The van der Waals surface area contributed by atoms with Crippen LogP contribution in [0.5, 0.6) is 0 Å². The smallest absolute Gasteiger partial charge is 0.339 e. The van der Waals surface area contributed by atoms with Gasteiger partial charge in [-0.15, -0.1) is 0 Å². The van der Waals surface area contributed by atoms with Crippen molar-refractivity contribution in [1.29, 1.82) is 0 Å². The van der Waals surface area contributed by atoms with Gasteiger partial charge in [-0.1, -0.05) is 23.2 Å². The van der Waals surface area contributed by atoms with E-state index >= 15 is 0 Å². The van der Waals surface area contributed by atoms with Crippen LogP contribution in [0.25, 0.3) is 0 Å². The third-order valence-electron chi connectivity index (χ3n) is 2.19. The lowest BCUT2D eigenvalue weighted by molar-refractivity contribution is 0.0698. The normalized spacial score (nSPS) is 10.2. The second-order valence-corrected chi connectivity index (χ2v) is 4.19. The molecule has 19 heavy (non-hydrogen) atoms. The van der Waals surface area contributed by atoms with Gasteiger partial charge in [0.1, 0.15) is 11.9 Å². The predicted molar refractivity (Wildman–Crippen MR) is 67.8 cm³/mol. The number of halogens is 2. The van der Waals surface area contributed by atoms with Crippen molar-refractivity contribution in [3.8, 4) is 0 Å². The highest BCUT2D eigenvalue weighted by Crippen LogP contribution is 2.32. The minimum absolute atomic E-state index is 0.0373. The molecule has 0 aliphatic carbocycles. The van der Waals surface area contributed by atoms with Crippen LogP contribution in [0.1, 0.15) is 21.0 Å². The van der Waals surface area contributed by atoms with E-state index in [1.165, 1.54) is 12.1 Å².